The van der Waals surface area contributed by atoms with Gasteiger partial charge in [0.2, 0.25) is 0 Å². The molecule has 3 nitrogen and oxygen atoms in total. The zero-order chi connectivity index (χ0) is 14.6. The van der Waals surface area contributed by atoms with E-state index in [1.807, 2.05) is 0 Å². The van der Waals surface area contributed by atoms with Gasteiger partial charge in [-0.3, -0.25) is 0 Å². The topological polar surface area (TPSA) is 30.5 Å². The van der Waals surface area contributed by atoms with Crippen molar-refractivity contribution in [2.45, 2.75) is 71.5 Å². The molecule has 1 unspecified atom stereocenters. The summed E-state index contributed by atoms with van der Waals surface area (Å²) in [6.45, 7) is 13.0. The molecule has 3 heteroatoms. The van der Waals surface area contributed by atoms with E-state index in [0.29, 0.717) is 11.5 Å². The van der Waals surface area contributed by atoms with Crippen molar-refractivity contribution >= 4 is 0 Å². The van der Waals surface area contributed by atoms with Crippen molar-refractivity contribution in [1.29, 1.82) is 0 Å². The number of likely N-dealkylation sites (N-methyl/N-ethyl adjacent to an activating group) is 1. The number of rotatable bonds is 5. The van der Waals surface area contributed by atoms with Crippen molar-refractivity contribution in [1.82, 2.24) is 5.32 Å². The third kappa shape index (κ3) is 4.19. The normalized spacial score (nSPS) is 35.4. The van der Waals surface area contributed by atoms with Gasteiger partial charge in [-0.2, -0.15) is 0 Å². The fourth-order valence-electron chi connectivity index (χ4n) is 3.66. The molecule has 2 rings (SSSR count). The average Bonchev–Trinajstić information content (AvgIpc) is 2.89. The summed E-state index contributed by atoms with van der Waals surface area (Å²) in [5.41, 5.74) is 0.483. The van der Waals surface area contributed by atoms with E-state index >= 15 is 0 Å². The lowest BCUT2D eigenvalue weighted by Crippen LogP contribution is -2.49. The Bertz CT molecular complexity index is 284. The molecule has 1 atom stereocenters. The Hall–Kier alpha value is -0.120. The standard InChI is InChI=1S/C17H33NO2/c1-5-18-13-17(20-15-8-11-19-12-15)9-6-14(7-10-17)16(2,3)4/h14-15,18H,5-13H2,1-4H3. The van der Waals surface area contributed by atoms with E-state index in [2.05, 4.69) is 33.0 Å². The molecule has 1 aliphatic carbocycles. The highest BCUT2D eigenvalue weighted by Gasteiger charge is 2.41. The molecule has 1 saturated heterocycles. The molecule has 0 amide bonds. The molecule has 1 saturated carbocycles. The molecular weight excluding hydrogens is 250 g/mol. The third-order valence-electron chi connectivity index (χ3n) is 5.12. The number of nitrogens with one attached hydrogen (secondary N) is 1. The quantitative estimate of drug-likeness (QED) is 0.839. The van der Waals surface area contributed by atoms with Crippen LogP contribution in [0.3, 0.4) is 0 Å². The van der Waals surface area contributed by atoms with Gasteiger partial charge in [0.15, 0.2) is 0 Å². The molecule has 2 fully saturated rings. The molecule has 0 aromatic heterocycles. The highest BCUT2D eigenvalue weighted by atomic mass is 16.6. The molecule has 118 valence electrons. The van der Waals surface area contributed by atoms with Crippen LogP contribution < -0.4 is 5.32 Å². The lowest BCUT2D eigenvalue weighted by atomic mass is 9.68. The molecule has 0 radical (unpaired) electrons. The van der Waals surface area contributed by atoms with E-state index in [0.717, 1.165) is 38.6 Å². The molecule has 0 aromatic carbocycles. The van der Waals surface area contributed by atoms with Gasteiger partial charge in [0, 0.05) is 13.2 Å². The first-order valence-corrected chi connectivity index (χ1v) is 8.41. The van der Waals surface area contributed by atoms with Crippen LogP contribution in [0.4, 0.5) is 0 Å². The summed E-state index contributed by atoms with van der Waals surface area (Å²) in [5, 5.41) is 3.52. The third-order valence-corrected chi connectivity index (χ3v) is 5.12. The van der Waals surface area contributed by atoms with Gasteiger partial charge in [0.25, 0.3) is 0 Å². The Morgan fingerprint density at radius 2 is 1.90 bits per heavy atom. The van der Waals surface area contributed by atoms with Gasteiger partial charge in [-0.1, -0.05) is 27.7 Å². The molecule has 0 bridgehead atoms. The Kier molecular flexibility index (Phi) is 5.49. The van der Waals surface area contributed by atoms with E-state index in [1.54, 1.807) is 0 Å². The minimum Gasteiger partial charge on any atom is -0.379 e. The molecule has 1 heterocycles. The fourth-order valence-corrected chi connectivity index (χ4v) is 3.66. The Balaban J connectivity index is 1.94. The van der Waals surface area contributed by atoms with Crippen molar-refractivity contribution < 1.29 is 9.47 Å². The molecule has 2 aliphatic rings. The minimum absolute atomic E-state index is 0.0517. The summed E-state index contributed by atoms with van der Waals surface area (Å²) in [5.74, 6) is 0.834. The van der Waals surface area contributed by atoms with Crippen LogP contribution in [0.2, 0.25) is 0 Å². The van der Waals surface area contributed by atoms with E-state index in [1.165, 1.54) is 25.7 Å². The van der Waals surface area contributed by atoms with E-state index in [4.69, 9.17) is 9.47 Å². The van der Waals surface area contributed by atoms with Gasteiger partial charge in [0.1, 0.15) is 0 Å². The molecule has 1 aliphatic heterocycles. The van der Waals surface area contributed by atoms with Crippen molar-refractivity contribution in [3.63, 3.8) is 0 Å². The second-order valence-electron chi connectivity index (χ2n) is 7.71. The SMILES string of the molecule is CCNCC1(OC2CCOC2)CCC(C(C)(C)C)CC1. The summed E-state index contributed by atoms with van der Waals surface area (Å²) in [7, 11) is 0. The lowest BCUT2D eigenvalue weighted by Gasteiger charge is -2.45. The maximum absolute atomic E-state index is 6.52. The minimum atomic E-state index is 0.0517. The maximum atomic E-state index is 6.52. The van der Waals surface area contributed by atoms with Crippen molar-refractivity contribution in [2.75, 3.05) is 26.3 Å². The van der Waals surface area contributed by atoms with Gasteiger partial charge in [-0.25, -0.2) is 0 Å². The van der Waals surface area contributed by atoms with Crippen LogP contribution >= 0.6 is 0 Å². The first kappa shape index (κ1) is 16.3. The van der Waals surface area contributed by atoms with E-state index in [9.17, 15) is 0 Å². The Morgan fingerprint density at radius 3 is 2.40 bits per heavy atom. The van der Waals surface area contributed by atoms with Crippen LogP contribution in [-0.2, 0) is 9.47 Å². The molecular formula is C17H33NO2. The number of hydrogen-bond acceptors (Lipinski definition) is 3. The van der Waals surface area contributed by atoms with E-state index in [-0.39, 0.29) is 5.60 Å². The summed E-state index contributed by atoms with van der Waals surface area (Å²) in [6.07, 6.45) is 6.36. The molecule has 20 heavy (non-hydrogen) atoms. The van der Waals surface area contributed by atoms with Crippen LogP contribution in [0.25, 0.3) is 0 Å². The summed E-state index contributed by atoms with van der Waals surface area (Å²) in [6, 6.07) is 0. The Morgan fingerprint density at radius 1 is 1.20 bits per heavy atom. The lowest BCUT2D eigenvalue weighted by molar-refractivity contribution is -0.122. The second kappa shape index (κ2) is 6.76. The predicted octanol–water partition coefficient (Wildman–Crippen LogP) is 3.38. The van der Waals surface area contributed by atoms with Crippen molar-refractivity contribution in [3.05, 3.63) is 0 Å². The van der Waals surface area contributed by atoms with Crippen LogP contribution in [0.1, 0.15) is 59.8 Å². The molecule has 0 aromatic rings. The maximum Gasteiger partial charge on any atom is 0.0838 e. The van der Waals surface area contributed by atoms with Gasteiger partial charge in [0.05, 0.1) is 18.3 Å². The Labute approximate surface area is 124 Å². The smallest absolute Gasteiger partial charge is 0.0838 e. The molecule has 1 N–H and O–H groups in total. The van der Waals surface area contributed by atoms with Gasteiger partial charge in [-0.15, -0.1) is 0 Å². The highest BCUT2D eigenvalue weighted by molar-refractivity contribution is 4.93. The predicted molar refractivity (Wildman–Crippen MR) is 83.0 cm³/mol. The molecule has 0 spiro atoms. The fraction of sp³-hybridized carbons (Fsp3) is 1.00. The number of hydrogen-bond donors (Lipinski definition) is 1. The van der Waals surface area contributed by atoms with Gasteiger partial charge < -0.3 is 14.8 Å². The summed E-state index contributed by atoms with van der Waals surface area (Å²) in [4.78, 5) is 0. The van der Waals surface area contributed by atoms with Gasteiger partial charge >= 0.3 is 0 Å². The van der Waals surface area contributed by atoms with E-state index < -0.39 is 0 Å². The van der Waals surface area contributed by atoms with Gasteiger partial charge in [-0.05, 0) is 50.0 Å². The first-order valence-electron chi connectivity index (χ1n) is 8.41. The highest BCUT2D eigenvalue weighted by Crippen LogP contribution is 2.43. The van der Waals surface area contributed by atoms with Crippen LogP contribution in [0.15, 0.2) is 0 Å². The van der Waals surface area contributed by atoms with Crippen LogP contribution in [0.5, 0.6) is 0 Å². The zero-order valence-electron chi connectivity index (χ0n) is 13.8. The van der Waals surface area contributed by atoms with Crippen LogP contribution in [-0.4, -0.2) is 38.0 Å². The van der Waals surface area contributed by atoms with Crippen LogP contribution in [0, 0.1) is 11.3 Å². The largest absolute Gasteiger partial charge is 0.379 e. The van der Waals surface area contributed by atoms with Crippen molar-refractivity contribution in [3.8, 4) is 0 Å². The first-order chi connectivity index (χ1) is 9.45. The second-order valence-corrected chi connectivity index (χ2v) is 7.71. The zero-order valence-corrected chi connectivity index (χ0v) is 13.8. The number of ether oxygens (including phenoxy) is 2. The summed E-state index contributed by atoms with van der Waals surface area (Å²) >= 11 is 0. The monoisotopic (exact) mass is 283 g/mol. The van der Waals surface area contributed by atoms with Crippen molar-refractivity contribution in [2.24, 2.45) is 11.3 Å². The summed E-state index contributed by atoms with van der Waals surface area (Å²) < 4.78 is 12.0. The average molecular weight is 283 g/mol.